The van der Waals surface area contributed by atoms with Crippen LogP contribution < -0.4 is 0 Å². The van der Waals surface area contributed by atoms with Gasteiger partial charge in [0.1, 0.15) is 5.82 Å². The van der Waals surface area contributed by atoms with Gasteiger partial charge in [0.25, 0.3) is 0 Å². The molecular weight excluding hydrogens is 204 g/mol. The molecule has 2 aromatic rings. The number of carboxylic acid groups (broad SMARTS) is 1. The number of fused-ring (bicyclic) bond motifs is 1. The molecule has 0 amide bonds. The Hall–Kier alpha value is -1.97. The summed E-state index contributed by atoms with van der Waals surface area (Å²) in [6.07, 6.45) is 4.04. The van der Waals surface area contributed by atoms with E-state index in [1.165, 1.54) is 12.8 Å². The van der Waals surface area contributed by atoms with E-state index in [1.807, 2.05) is 0 Å². The first kappa shape index (κ1) is 9.27. The summed E-state index contributed by atoms with van der Waals surface area (Å²) in [6.45, 7) is 0. The monoisotopic (exact) mass is 214 g/mol. The summed E-state index contributed by atoms with van der Waals surface area (Å²) in [4.78, 5) is 19.5. The normalized spacial score (nSPS) is 15.2. The minimum atomic E-state index is -0.923. The Bertz CT molecular complexity index is 576. The van der Waals surface area contributed by atoms with Crippen molar-refractivity contribution in [3.8, 4) is 0 Å². The van der Waals surface area contributed by atoms with E-state index in [1.54, 1.807) is 24.4 Å². The van der Waals surface area contributed by atoms with E-state index in [0.717, 1.165) is 16.7 Å². The summed E-state index contributed by atoms with van der Waals surface area (Å²) in [5.41, 5.74) is 1.09. The lowest BCUT2D eigenvalue weighted by Crippen LogP contribution is -1.97. The highest BCUT2D eigenvalue weighted by atomic mass is 16.4. The van der Waals surface area contributed by atoms with Gasteiger partial charge in [-0.25, -0.2) is 14.8 Å². The van der Waals surface area contributed by atoms with Crippen LogP contribution in [0.1, 0.15) is 34.9 Å². The van der Waals surface area contributed by atoms with Crippen LogP contribution in [0.25, 0.3) is 10.9 Å². The van der Waals surface area contributed by atoms with Gasteiger partial charge in [0.2, 0.25) is 0 Å². The average molecular weight is 214 g/mol. The highest BCUT2D eigenvalue weighted by molar-refractivity contribution is 5.92. The first-order valence-electron chi connectivity index (χ1n) is 5.24. The molecule has 1 heterocycles. The van der Waals surface area contributed by atoms with Crippen LogP contribution in [0.15, 0.2) is 24.4 Å². The fraction of sp³-hybridized carbons (Fsp3) is 0.250. The summed E-state index contributed by atoms with van der Waals surface area (Å²) >= 11 is 0. The van der Waals surface area contributed by atoms with Gasteiger partial charge in [-0.2, -0.15) is 0 Å². The maximum absolute atomic E-state index is 10.8. The van der Waals surface area contributed by atoms with Crippen molar-refractivity contribution < 1.29 is 9.90 Å². The molecule has 3 rings (SSSR count). The molecular formula is C12H10N2O2. The number of rotatable bonds is 2. The van der Waals surface area contributed by atoms with E-state index in [0.29, 0.717) is 5.92 Å². The van der Waals surface area contributed by atoms with Crippen LogP contribution in [0, 0.1) is 0 Å². The third-order valence-electron chi connectivity index (χ3n) is 2.79. The van der Waals surface area contributed by atoms with Crippen molar-refractivity contribution in [2.75, 3.05) is 0 Å². The van der Waals surface area contributed by atoms with E-state index >= 15 is 0 Å². The van der Waals surface area contributed by atoms with E-state index in [9.17, 15) is 4.79 Å². The molecule has 16 heavy (non-hydrogen) atoms. The van der Waals surface area contributed by atoms with Gasteiger partial charge < -0.3 is 5.11 Å². The molecule has 1 aromatic heterocycles. The topological polar surface area (TPSA) is 63.1 Å². The van der Waals surface area contributed by atoms with Crippen molar-refractivity contribution in [1.82, 2.24) is 9.97 Å². The first-order valence-corrected chi connectivity index (χ1v) is 5.24. The first-order chi connectivity index (χ1) is 7.74. The second kappa shape index (κ2) is 3.27. The minimum absolute atomic E-state index is 0.273. The molecule has 1 fully saturated rings. The zero-order valence-electron chi connectivity index (χ0n) is 8.55. The lowest BCUT2D eigenvalue weighted by molar-refractivity contribution is 0.0697. The number of carbonyl (C=O) groups is 1. The molecule has 0 spiro atoms. The maximum atomic E-state index is 10.8. The highest BCUT2D eigenvalue weighted by Gasteiger charge is 2.26. The van der Waals surface area contributed by atoms with E-state index < -0.39 is 5.97 Å². The molecule has 0 atom stereocenters. The summed E-state index contributed by atoms with van der Waals surface area (Å²) in [6, 6.07) is 4.93. The summed E-state index contributed by atoms with van der Waals surface area (Å²) in [5, 5.41) is 9.64. The molecule has 4 nitrogen and oxygen atoms in total. The van der Waals surface area contributed by atoms with Crippen molar-refractivity contribution in [2.45, 2.75) is 18.8 Å². The van der Waals surface area contributed by atoms with Crippen molar-refractivity contribution in [2.24, 2.45) is 0 Å². The number of carboxylic acids is 1. The molecule has 1 saturated carbocycles. The van der Waals surface area contributed by atoms with Crippen LogP contribution in [0.3, 0.4) is 0 Å². The smallest absolute Gasteiger partial charge is 0.335 e. The van der Waals surface area contributed by atoms with Crippen LogP contribution in [-0.4, -0.2) is 21.0 Å². The van der Waals surface area contributed by atoms with Crippen molar-refractivity contribution in [3.63, 3.8) is 0 Å². The third-order valence-corrected chi connectivity index (χ3v) is 2.79. The average Bonchev–Trinajstić information content (AvgIpc) is 3.11. The fourth-order valence-corrected chi connectivity index (χ4v) is 1.72. The number of aromatic nitrogens is 2. The van der Waals surface area contributed by atoms with Gasteiger partial charge in [-0.3, -0.25) is 0 Å². The van der Waals surface area contributed by atoms with Gasteiger partial charge in [-0.05, 0) is 31.0 Å². The minimum Gasteiger partial charge on any atom is -0.478 e. The summed E-state index contributed by atoms with van der Waals surface area (Å²) in [5.74, 6) is 0.479. The molecule has 0 bridgehead atoms. The second-order valence-corrected chi connectivity index (χ2v) is 4.08. The van der Waals surface area contributed by atoms with Crippen LogP contribution >= 0.6 is 0 Å². The quantitative estimate of drug-likeness (QED) is 0.832. The Morgan fingerprint density at radius 3 is 2.88 bits per heavy atom. The molecule has 0 unspecified atom stereocenters. The zero-order chi connectivity index (χ0) is 11.1. The van der Waals surface area contributed by atoms with Gasteiger partial charge in [0, 0.05) is 17.5 Å². The highest BCUT2D eigenvalue weighted by Crippen LogP contribution is 2.38. The Labute approximate surface area is 92.0 Å². The molecule has 0 aliphatic heterocycles. The lowest BCUT2D eigenvalue weighted by Gasteiger charge is -2.01. The zero-order valence-corrected chi connectivity index (χ0v) is 8.55. The lowest BCUT2D eigenvalue weighted by atomic mass is 10.1. The molecule has 1 aromatic carbocycles. The van der Waals surface area contributed by atoms with Gasteiger partial charge in [-0.15, -0.1) is 0 Å². The van der Waals surface area contributed by atoms with Gasteiger partial charge >= 0.3 is 5.97 Å². The predicted molar refractivity (Wildman–Crippen MR) is 58.5 cm³/mol. The van der Waals surface area contributed by atoms with Gasteiger partial charge in [0.05, 0.1) is 11.1 Å². The Kier molecular flexibility index (Phi) is 1.89. The van der Waals surface area contributed by atoms with E-state index in [4.69, 9.17) is 5.11 Å². The Morgan fingerprint density at radius 1 is 1.38 bits per heavy atom. The van der Waals surface area contributed by atoms with Crippen LogP contribution in [-0.2, 0) is 0 Å². The SMILES string of the molecule is O=C(O)c1ccc2nc(C3CC3)ncc2c1. The predicted octanol–water partition coefficient (Wildman–Crippen LogP) is 2.21. The van der Waals surface area contributed by atoms with E-state index in [2.05, 4.69) is 9.97 Å². The number of benzene rings is 1. The third kappa shape index (κ3) is 1.52. The van der Waals surface area contributed by atoms with E-state index in [-0.39, 0.29) is 5.56 Å². The molecule has 4 heteroatoms. The molecule has 1 aliphatic carbocycles. The molecule has 0 radical (unpaired) electrons. The van der Waals surface area contributed by atoms with Gasteiger partial charge in [-0.1, -0.05) is 0 Å². The van der Waals surface area contributed by atoms with Crippen LogP contribution in [0.4, 0.5) is 0 Å². The van der Waals surface area contributed by atoms with Crippen molar-refractivity contribution in [3.05, 3.63) is 35.8 Å². The fourth-order valence-electron chi connectivity index (χ4n) is 1.72. The molecule has 1 aliphatic rings. The Morgan fingerprint density at radius 2 is 2.19 bits per heavy atom. The second-order valence-electron chi connectivity index (χ2n) is 4.08. The standard InChI is InChI=1S/C12H10N2O2/c15-12(16)8-3-4-10-9(5-8)6-13-11(14-10)7-1-2-7/h3-7H,1-2H2,(H,15,16). The summed E-state index contributed by atoms with van der Waals surface area (Å²) < 4.78 is 0. The van der Waals surface area contributed by atoms with Crippen LogP contribution in [0.5, 0.6) is 0 Å². The van der Waals surface area contributed by atoms with Gasteiger partial charge in [0.15, 0.2) is 0 Å². The maximum Gasteiger partial charge on any atom is 0.335 e. The Balaban J connectivity index is 2.12. The summed E-state index contributed by atoms with van der Waals surface area (Å²) in [7, 11) is 0. The largest absolute Gasteiger partial charge is 0.478 e. The van der Waals surface area contributed by atoms with Crippen molar-refractivity contribution in [1.29, 1.82) is 0 Å². The molecule has 1 N–H and O–H groups in total. The number of hydrogen-bond acceptors (Lipinski definition) is 3. The molecule has 0 saturated heterocycles. The molecule has 80 valence electrons. The number of hydrogen-bond donors (Lipinski definition) is 1. The van der Waals surface area contributed by atoms with Crippen LogP contribution in [0.2, 0.25) is 0 Å². The number of nitrogens with zero attached hydrogens (tertiary/aromatic N) is 2. The van der Waals surface area contributed by atoms with Crippen molar-refractivity contribution >= 4 is 16.9 Å². The number of aromatic carboxylic acids is 1.